The standard InChI is InChI=1S/C26H24N2O4/c1-16-12-13-21(17(2)14-16)27-25(29)22-23(18-8-7-11-20(15-18)31-3)28(32-24(22)26(27)30)19-9-5-4-6-10-19/h4-15,22-24H,1-3H3/t22-,23+,24+/m1/s1. The van der Waals surface area contributed by atoms with Crippen molar-refractivity contribution in [2.24, 2.45) is 5.92 Å². The summed E-state index contributed by atoms with van der Waals surface area (Å²) in [5, 5.41) is 1.69. The van der Waals surface area contributed by atoms with Gasteiger partial charge in [-0.2, -0.15) is 0 Å². The first-order chi connectivity index (χ1) is 15.5. The molecule has 5 rings (SSSR count). The van der Waals surface area contributed by atoms with Crippen molar-refractivity contribution in [2.75, 3.05) is 17.1 Å². The summed E-state index contributed by atoms with van der Waals surface area (Å²) in [6, 6.07) is 22.4. The molecule has 32 heavy (non-hydrogen) atoms. The summed E-state index contributed by atoms with van der Waals surface area (Å²) in [7, 11) is 1.61. The summed E-state index contributed by atoms with van der Waals surface area (Å²) < 4.78 is 5.41. The molecule has 162 valence electrons. The van der Waals surface area contributed by atoms with E-state index in [9.17, 15) is 9.59 Å². The average Bonchev–Trinajstić information content (AvgIpc) is 3.31. The van der Waals surface area contributed by atoms with Crippen molar-refractivity contribution in [3.63, 3.8) is 0 Å². The van der Waals surface area contributed by atoms with Gasteiger partial charge in [0.1, 0.15) is 11.7 Å². The zero-order valence-corrected chi connectivity index (χ0v) is 18.2. The Labute approximate surface area is 186 Å². The van der Waals surface area contributed by atoms with Crippen LogP contribution in [-0.2, 0) is 14.4 Å². The number of hydrogen-bond donors (Lipinski definition) is 0. The summed E-state index contributed by atoms with van der Waals surface area (Å²) >= 11 is 0. The highest BCUT2D eigenvalue weighted by Gasteiger charge is 2.60. The third kappa shape index (κ3) is 3.15. The van der Waals surface area contributed by atoms with Crippen molar-refractivity contribution in [1.82, 2.24) is 0 Å². The third-order valence-corrected chi connectivity index (χ3v) is 6.15. The number of benzene rings is 3. The minimum atomic E-state index is -0.889. The molecular formula is C26H24N2O4. The van der Waals surface area contributed by atoms with E-state index in [1.54, 1.807) is 12.2 Å². The number of carbonyl (C=O) groups is 2. The predicted molar refractivity (Wildman–Crippen MR) is 121 cm³/mol. The highest BCUT2D eigenvalue weighted by Crippen LogP contribution is 2.48. The molecule has 0 unspecified atom stereocenters. The number of anilines is 2. The van der Waals surface area contributed by atoms with Crippen molar-refractivity contribution in [3.05, 3.63) is 89.5 Å². The fraction of sp³-hybridized carbons (Fsp3) is 0.231. The lowest BCUT2D eigenvalue weighted by molar-refractivity contribution is -0.126. The van der Waals surface area contributed by atoms with Crippen LogP contribution in [0.1, 0.15) is 22.7 Å². The lowest BCUT2D eigenvalue weighted by Gasteiger charge is -2.29. The number of rotatable bonds is 4. The molecule has 6 nitrogen and oxygen atoms in total. The molecular weight excluding hydrogens is 404 g/mol. The van der Waals surface area contributed by atoms with Crippen molar-refractivity contribution in [2.45, 2.75) is 26.0 Å². The molecule has 0 N–H and O–H groups in total. The van der Waals surface area contributed by atoms with Crippen molar-refractivity contribution >= 4 is 23.2 Å². The highest BCUT2D eigenvalue weighted by molar-refractivity contribution is 6.24. The van der Waals surface area contributed by atoms with Crippen molar-refractivity contribution in [1.29, 1.82) is 0 Å². The predicted octanol–water partition coefficient (Wildman–Crippen LogP) is 4.36. The number of amides is 2. The van der Waals surface area contributed by atoms with Gasteiger partial charge in [-0.15, -0.1) is 0 Å². The molecule has 6 heteroatoms. The Morgan fingerprint density at radius 2 is 1.66 bits per heavy atom. The van der Waals surface area contributed by atoms with Crippen LogP contribution in [0, 0.1) is 19.8 Å². The van der Waals surface area contributed by atoms with Gasteiger partial charge in [-0.05, 0) is 55.3 Å². The number of para-hydroxylation sites is 1. The number of hydroxylamine groups is 1. The van der Waals surface area contributed by atoms with Gasteiger partial charge >= 0.3 is 0 Å². The number of ether oxygens (including phenoxy) is 1. The molecule has 2 aliphatic rings. The zero-order chi connectivity index (χ0) is 22.4. The molecule has 0 bridgehead atoms. The van der Waals surface area contributed by atoms with E-state index in [4.69, 9.17) is 9.57 Å². The van der Waals surface area contributed by atoms with Gasteiger partial charge in [0.05, 0.1) is 24.5 Å². The average molecular weight is 428 g/mol. The number of hydrogen-bond acceptors (Lipinski definition) is 5. The summed E-state index contributed by atoms with van der Waals surface area (Å²) in [5.41, 5.74) is 4.20. The lowest BCUT2D eigenvalue weighted by Crippen LogP contribution is -2.37. The van der Waals surface area contributed by atoms with Crippen LogP contribution in [0.25, 0.3) is 0 Å². The molecule has 3 atom stereocenters. The summed E-state index contributed by atoms with van der Waals surface area (Å²) in [6.45, 7) is 3.90. The molecule has 2 aliphatic heterocycles. The Bertz CT molecular complexity index is 1190. The van der Waals surface area contributed by atoms with Gasteiger partial charge in [0.25, 0.3) is 5.91 Å². The van der Waals surface area contributed by atoms with Gasteiger partial charge in [0.2, 0.25) is 5.91 Å². The molecule has 0 aromatic heterocycles. The molecule has 0 aliphatic carbocycles. The number of methoxy groups -OCH3 is 1. The lowest BCUT2D eigenvalue weighted by atomic mass is 9.90. The Morgan fingerprint density at radius 1 is 0.875 bits per heavy atom. The molecule has 2 saturated heterocycles. The molecule has 0 radical (unpaired) electrons. The second kappa shape index (κ2) is 7.80. The van der Waals surface area contributed by atoms with E-state index in [0.29, 0.717) is 11.4 Å². The molecule has 0 saturated carbocycles. The minimum Gasteiger partial charge on any atom is -0.497 e. The van der Waals surface area contributed by atoms with Crippen LogP contribution >= 0.6 is 0 Å². The van der Waals surface area contributed by atoms with E-state index >= 15 is 0 Å². The SMILES string of the molecule is COc1cccc([C@H]2[C@H]3C(=O)N(c4ccc(C)cc4C)C(=O)[C@H]3ON2c2ccccc2)c1. The first-order valence-corrected chi connectivity index (χ1v) is 10.6. The number of aryl methyl sites for hydroxylation is 2. The summed E-state index contributed by atoms with van der Waals surface area (Å²) in [6.07, 6.45) is -0.889. The Balaban J connectivity index is 1.60. The van der Waals surface area contributed by atoms with E-state index < -0.39 is 18.1 Å². The normalized spacial score (nSPS) is 22.4. The fourth-order valence-corrected chi connectivity index (χ4v) is 4.67. The van der Waals surface area contributed by atoms with Crippen LogP contribution in [0.3, 0.4) is 0 Å². The Hall–Kier alpha value is -3.64. The first kappa shape index (κ1) is 20.3. The Kier molecular flexibility index (Phi) is 4.94. The summed E-state index contributed by atoms with van der Waals surface area (Å²) in [4.78, 5) is 34.6. The van der Waals surface area contributed by atoms with E-state index in [0.717, 1.165) is 22.4 Å². The first-order valence-electron chi connectivity index (χ1n) is 10.6. The summed E-state index contributed by atoms with van der Waals surface area (Å²) in [5.74, 6) is -0.575. The quantitative estimate of drug-likeness (QED) is 0.578. The van der Waals surface area contributed by atoms with Crippen LogP contribution in [-0.4, -0.2) is 25.0 Å². The maximum absolute atomic E-state index is 13.7. The van der Waals surface area contributed by atoms with Crippen LogP contribution in [0.15, 0.2) is 72.8 Å². The number of carbonyl (C=O) groups excluding carboxylic acids is 2. The maximum Gasteiger partial charge on any atom is 0.266 e. The van der Waals surface area contributed by atoms with E-state index in [-0.39, 0.29) is 11.8 Å². The van der Waals surface area contributed by atoms with E-state index in [1.165, 1.54) is 4.90 Å². The minimum absolute atomic E-state index is 0.252. The largest absolute Gasteiger partial charge is 0.497 e. The number of imide groups is 1. The van der Waals surface area contributed by atoms with Crippen LogP contribution < -0.4 is 14.7 Å². The van der Waals surface area contributed by atoms with Crippen molar-refractivity contribution in [3.8, 4) is 5.75 Å². The van der Waals surface area contributed by atoms with Crippen LogP contribution in [0.2, 0.25) is 0 Å². The monoisotopic (exact) mass is 428 g/mol. The third-order valence-electron chi connectivity index (χ3n) is 6.15. The van der Waals surface area contributed by atoms with Crippen LogP contribution in [0.5, 0.6) is 5.75 Å². The topological polar surface area (TPSA) is 59.1 Å². The van der Waals surface area contributed by atoms with Gasteiger partial charge in [0, 0.05) is 0 Å². The van der Waals surface area contributed by atoms with Gasteiger partial charge in [-0.3, -0.25) is 14.4 Å². The van der Waals surface area contributed by atoms with E-state index in [1.807, 2.05) is 86.6 Å². The fourth-order valence-electron chi connectivity index (χ4n) is 4.67. The van der Waals surface area contributed by atoms with Crippen molar-refractivity contribution < 1.29 is 19.2 Å². The molecule has 3 aromatic carbocycles. The van der Waals surface area contributed by atoms with E-state index in [2.05, 4.69) is 0 Å². The molecule has 2 fully saturated rings. The molecule has 3 aromatic rings. The molecule has 2 heterocycles. The molecule has 0 spiro atoms. The van der Waals surface area contributed by atoms with Gasteiger partial charge in [-0.1, -0.05) is 48.0 Å². The maximum atomic E-state index is 13.7. The second-order valence-electron chi connectivity index (χ2n) is 8.24. The highest BCUT2D eigenvalue weighted by atomic mass is 16.7. The Morgan fingerprint density at radius 3 is 2.38 bits per heavy atom. The van der Waals surface area contributed by atoms with Crippen LogP contribution in [0.4, 0.5) is 11.4 Å². The zero-order valence-electron chi connectivity index (χ0n) is 18.2. The van der Waals surface area contributed by atoms with Gasteiger partial charge < -0.3 is 4.74 Å². The second-order valence-corrected chi connectivity index (χ2v) is 8.24. The van der Waals surface area contributed by atoms with Gasteiger partial charge in [0.15, 0.2) is 6.10 Å². The van der Waals surface area contributed by atoms with Gasteiger partial charge in [-0.25, -0.2) is 9.96 Å². The smallest absolute Gasteiger partial charge is 0.266 e. The number of nitrogens with zero attached hydrogens (tertiary/aromatic N) is 2. The molecule has 2 amide bonds. The number of fused-ring (bicyclic) bond motifs is 1.